The molecule has 0 radical (unpaired) electrons. The highest BCUT2D eigenvalue weighted by atomic mass is 19.1. The number of amides is 1. The van der Waals surface area contributed by atoms with Gasteiger partial charge in [-0.15, -0.1) is 0 Å². The van der Waals surface area contributed by atoms with Crippen LogP contribution in [0.1, 0.15) is 29.9 Å². The van der Waals surface area contributed by atoms with E-state index >= 15 is 0 Å². The zero-order chi connectivity index (χ0) is 22.5. The second-order valence-corrected chi connectivity index (χ2v) is 6.91. The lowest BCUT2D eigenvalue weighted by Crippen LogP contribution is -2.26. The van der Waals surface area contributed by atoms with E-state index < -0.39 is 17.3 Å². The van der Waals surface area contributed by atoms with Gasteiger partial charge < -0.3 is 15.0 Å². The van der Waals surface area contributed by atoms with E-state index in [9.17, 15) is 14.0 Å². The molecule has 7 nitrogen and oxygen atoms in total. The fourth-order valence-electron chi connectivity index (χ4n) is 3.28. The van der Waals surface area contributed by atoms with Crippen molar-refractivity contribution in [3.63, 3.8) is 0 Å². The second-order valence-electron chi connectivity index (χ2n) is 6.91. The van der Waals surface area contributed by atoms with Crippen LogP contribution >= 0.6 is 0 Å². The van der Waals surface area contributed by atoms with Gasteiger partial charge in [-0.25, -0.2) is 4.39 Å². The van der Waals surface area contributed by atoms with Gasteiger partial charge in [-0.2, -0.15) is 9.78 Å². The number of aryl methyl sites for hydroxylation is 1. The number of carbonyl (C=O) groups is 1. The second kappa shape index (κ2) is 9.42. The van der Waals surface area contributed by atoms with Crippen LogP contribution in [-0.4, -0.2) is 35.9 Å². The molecule has 1 heterocycles. The highest BCUT2D eigenvalue weighted by Gasteiger charge is 2.19. The van der Waals surface area contributed by atoms with Crippen molar-refractivity contribution in [1.82, 2.24) is 9.78 Å². The quantitative estimate of drug-likeness (QED) is 0.625. The van der Waals surface area contributed by atoms with Gasteiger partial charge in [0.2, 0.25) is 0 Å². The van der Waals surface area contributed by atoms with Crippen LogP contribution in [0.2, 0.25) is 0 Å². The fraction of sp³-hybridized carbons (Fsp3) is 0.261. The summed E-state index contributed by atoms with van der Waals surface area (Å²) in [7, 11) is 1.36. The number of methoxy groups -OCH3 is 1. The number of aromatic nitrogens is 2. The van der Waals surface area contributed by atoms with E-state index in [2.05, 4.69) is 29.2 Å². The van der Waals surface area contributed by atoms with Gasteiger partial charge in [0.1, 0.15) is 5.82 Å². The van der Waals surface area contributed by atoms with E-state index in [1.54, 1.807) is 0 Å². The van der Waals surface area contributed by atoms with E-state index in [1.807, 2.05) is 25.1 Å². The van der Waals surface area contributed by atoms with Crippen molar-refractivity contribution in [1.29, 1.82) is 0 Å². The number of nitrogens with one attached hydrogen (secondary N) is 1. The third-order valence-electron chi connectivity index (χ3n) is 4.99. The standard InChI is InChI=1S/C23H25FN4O3/c1-5-27(6-2)18-11-12-19(15(3)13-18)25-23(30)22-20(31-4)14-21(29)28(26-22)17-9-7-16(24)8-10-17/h7-14H,5-6H2,1-4H3,(H,25,30). The van der Waals surface area contributed by atoms with E-state index in [4.69, 9.17) is 4.74 Å². The molecule has 0 aliphatic carbocycles. The molecule has 0 saturated carbocycles. The van der Waals surface area contributed by atoms with Gasteiger partial charge in [0.05, 0.1) is 18.9 Å². The lowest BCUT2D eigenvalue weighted by molar-refractivity contribution is 0.101. The Morgan fingerprint density at radius 1 is 1.13 bits per heavy atom. The van der Waals surface area contributed by atoms with Crippen molar-refractivity contribution in [2.75, 3.05) is 30.4 Å². The monoisotopic (exact) mass is 424 g/mol. The van der Waals surface area contributed by atoms with Crippen LogP contribution in [0.4, 0.5) is 15.8 Å². The van der Waals surface area contributed by atoms with Crippen LogP contribution in [0.3, 0.4) is 0 Å². The zero-order valence-electron chi connectivity index (χ0n) is 18.0. The number of anilines is 2. The number of hydrogen-bond acceptors (Lipinski definition) is 5. The van der Waals surface area contributed by atoms with E-state index in [0.717, 1.165) is 29.0 Å². The van der Waals surface area contributed by atoms with Crippen molar-refractivity contribution in [3.05, 3.63) is 76.0 Å². The van der Waals surface area contributed by atoms with Crippen LogP contribution in [0.15, 0.2) is 53.3 Å². The lowest BCUT2D eigenvalue weighted by Gasteiger charge is -2.22. The summed E-state index contributed by atoms with van der Waals surface area (Å²) >= 11 is 0. The van der Waals surface area contributed by atoms with E-state index in [0.29, 0.717) is 11.4 Å². The van der Waals surface area contributed by atoms with E-state index in [-0.39, 0.29) is 11.4 Å². The highest BCUT2D eigenvalue weighted by Crippen LogP contribution is 2.24. The van der Waals surface area contributed by atoms with Crippen molar-refractivity contribution < 1.29 is 13.9 Å². The molecule has 2 aromatic carbocycles. The summed E-state index contributed by atoms with van der Waals surface area (Å²) in [6, 6.07) is 12.2. The maximum atomic E-state index is 13.2. The van der Waals surface area contributed by atoms with Gasteiger partial charge >= 0.3 is 0 Å². The Kier molecular flexibility index (Phi) is 6.69. The topological polar surface area (TPSA) is 76.5 Å². The molecule has 0 saturated heterocycles. The largest absolute Gasteiger partial charge is 0.494 e. The molecule has 0 aliphatic heterocycles. The Morgan fingerprint density at radius 2 is 1.81 bits per heavy atom. The first kappa shape index (κ1) is 22.0. The minimum Gasteiger partial charge on any atom is -0.494 e. The molecule has 0 atom stereocenters. The molecule has 0 fully saturated rings. The molecule has 1 amide bonds. The predicted molar refractivity (Wildman–Crippen MR) is 119 cm³/mol. The van der Waals surface area contributed by atoms with Gasteiger partial charge in [-0.1, -0.05) is 0 Å². The van der Waals surface area contributed by atoms with Crippen molar-refractivity contribution in [2.24, 2.45) is 0 Å². The van der Waals surface area contributed by atoms with Crippen LogP contribution < -0.4 is 20.5 Å². The number of nitrogens with zero attached hydrogens (tertiary/aromatic N) is 3. The Balaban J connectivity index is 1.95. The molecule has 1 aromatic heterocycles. The molecule has 0 unspecified atom stereocenters. The number of rotatable bonds is 7. The normalized spacial score (nSPS) is 10.6. The first-order valence-electron chi connectivity index (χ1n) is 9.99. The minimum absolute atomic E-state index is 0.0540. The number of halogens is 1. The maximum Gasteiger partial charge on any atom is 0.280 e. The third kappa shape index (κ3) is 4.74. The van der Waals surface area contributed by atoms with Crippen molar-refractivity contribution in [3.8, 4) is 11.4 Å². The molecule has 1 N–H and O–H groups in total. The van der Waals surface area contributed by atoms with Crippen LogP contribution in [0, 0.1) is 12.7 Å². The van der Waals surface area contributed by atoms with Crippen LogP contribution in [0.5, 0.6) is 5.75 Å². The van der Waals surface area contributed by atoms with Gasteiger partial charge in [-0.3, -0.25) is 9.59 Å². The minimum atomic E-state index is -0.522. The van der Waals surface area contributed by atoms with Gasteiger partial charge in [0.15, 0.2) is 11.4 Å². The predicted octanol–water partition coefficient (Wildman–Crippen LogP) is 3.79. The van der Waals surface area contributed by atoms with E-state index in [1.165, 1.54) is 37.4 Å². The molecule has 162 valence electrons. The molecule has 0 bridgehead atoms. The summed E-state index contributed by atoms with van der Waals surface area (Å²) < 4.78 is 19.5. The first-order chi connectivity index (χ1) is 14.9. The van der Waals surface area contributed by atoms with Gasteiger partial charge in [-0.05, 0) is 68.8 Å². The molecular weight excluding hydrogens is 399 g/mol. The number of ether oxygens (including phenoxy) is 1. The summed E-state index contributed by atoms with van der Waals surface area (Å²) in [6.07, 6.45) is 0. The summed E-state index contributed by atoms with van der Waals surface area (Å²) in [4.78, 5) is 27.6. The highest BCUT2D eigenvalue weighted by molar-refractivity contribution is 6.05. The summed E-state index contributed by atoms with van der Waals surface area (Å²) in [5.41, 5.74) is 2.37. The Morgan fingerprint density at radius 3 is 2.39 bits per heavy atom. The smallest absolute Gasteiger partial charge is 0.280 e. The molecule has 3 rings (SSSR count). The average molecular weight is 424 g/mol. The molecular formula is C23H25FN4O3. The molecule has 0 spiro atoms. The Bertz CT molecular complexity index is 1140. The average Bonchev–Trinajstić information content (AvgIpc) is 2.76. The summed E-state index contributed by atoms with van der Waals surface area (Å²) in [5.74, 6) is -0.906. The molecule has 31 heavy (non-hydrogen) atoms. The van der Waals surface area contributed by atoms with Crippen molar-refractivity contribution >= 4 is 17.3 Å². The maximum absolute atomic E-state index is 13.2. The first-order valence-corrected chi connectivity index (χ1v) is 9.99. The molecule has 3 aromatic rings. The van der Waals surface area contributed by atoms with Crippen LogP contribution in [-0.2, 0) is 0 Å². The third-order valence-corrected chi connectivity index (χ3v) is 4.99. The van der Waals surface area contributed by atoms with Gasteiger partial charge in [0, 0.05) is 24.5 Å². The summed E-state index contributed by atoms with van der Waals surface area (Å²) in [6.45, 7) is 7.85. The fourth-order valence-corrected chi connectivity index (χ4v) is 3.28. The zero-order valence-corrected chi connectivity index (χ0v) is 18.0. The lowest BCUT2D eigenvalue weighted by atomic mass is 10.1. The Labute approximate surface area is 180 Å². The van der Waals surface area contributed by atoms with Crippen LogP contribution in [0.25, 0.3) is 5.69 Å². The molecule has 8 heteroatoms. The van der Waals surface area contributed by atoms with Gasteiger partial charge in [0.25, 0.3) is 11.5 Å². The Hall–Kier alpha value is -3.68. The SMILES string of the molecule is CCN(CC)c1ccc(NC(=O)c2nn(-c3ccc(F)cc3)c(=O)cc2OC)c(C)c1. The number of hydrogen-bond donors (Lipinski definition) is 1. The van der Waals surface area contributed by atoms with Crippen molar-refractivity contribution in [2.45, 2.75) is 20.8 Å². The number of benzene rings is 2. The number of carbonyl (C=O) groups excluding carboxylic acids is 1. The summed E-state index contributed by atoms with van der Waals surface area (Å²) in [5, 5.41) is 7.01. The molecule has 0 aliphatic rings.